The van der Waals surface area contributed by atoms with Gasteiger partial charge in [-0.25, -0.2) is 9.97 Å². The van der Waals surface area contributed by atoms with Crippen molar-refractivity contribution in [3.8, 4) is 5.75 Å². The Labute approximate surface area is 155 Å². The van der Waals surface area contributed by atoms with Gasteiger partial charge in [0.25, 0.3) is 0 Å². The minimum absolute atomic E-state index is 0.748. The molecule has 1 aliphatic rings. The van der Waals surface area contributed by atoms with Crippen molar-refractivity contribution in [1.29, 1.82) is 0 Å². The maximum absolute atomic E-state index is 5.23. The number of hydrogen-bond donors (Lipinski definition) is 1. The van der Waals surface area contributed by atoms with Gasteiger partial charge in [-0.3, -0.25) is 0 Å². The largest absolute Gasteiger partial charge is 0.497 e. The highest BCUT2D eigenvalue weighted by Gasteiger charge is 2.18. The molecule has 2 aromatic rings. The number of piperazine rings is 1. The summed E-state index contributed by atoms with van der Waals surface area (Å²) in [6.07, 6.45) is 2.58. The highest BCUT2D eigenvalue weighted by Crippen LogP contribution is 2.22. The van der Waals surface area contributed by atoms with E-state index >= 15 is 0 Å². The molecule has 0 radical (unpaired) electrons. The van der Waals surface area contributed by atoms with E-state index in [0.29, 0.717) is 0 Å². The van der Waals surface area contributed by atoms with Gasteiger partial charge in [0.15, 0.2) is 0 Å². The van der Waals surface area contributed by atoms with Crippen LogP contribution in [0.3, 0.4) is 0 Å². The fourth-order valence-electron chi connectivity index (χ4n) is 3.04. The summed E-state index contributed by atoms with van der Waals surface area (Å²) in [4.78, 5) is 13.4. The van der Waals surface area contributed by atoms with Gasteiger partial charge in [-0.05, 0) is 30.7 Å². The summed E-state index contributed by atoms with van der Waals surface area (Å²) in [6, 6.07) is 10.3. The number of ether oxygens (including phenoxy) is 2. The van der Waals surface area contributed by atoms with Gasteiger partial charge in [0.2, 0.25) is 0 Å². The monoisotopic (exact) mass is 357 g/mol. The Balaban J connectivity index is 1.54. The zero-order valence-electron chi connectivity index (χ0n) is 15.5. The number of anilines is 3. The van der Waals surface area contributed by atoms with Crippen LogP contribution in [0.15, 0.2) is 36.7 Å². The molecule has 1 fully saturated rings. The van der Waals surface area contributed by atoms with Crippen LogP contribution in [-0.4, -0.2) is 63.5 Å². The van der Waals surface area contributed by atoms with E-state index in [4.69, 9.17) is 9.47 Å². The molecule has 0 spiro atoms. The maximum atomic E-state index is 5.23. The second-order valence-corrected chi connectivity index (χ2v) is 6.21. The van der Waals surface area contributed by atoms with Crippen molar-refractivity contribution in [2.45, 2.75) is 6.42 Å². The molecule has 1 aliphatic heterocycles. The third kappa shape index (κ3) is 4.76. The molecule has 1 aromatic heterocycles. The van der Waals surface area contributed by atoms with E-state index in [1.165, 1.54) is 5.69 Å². The normalized spacial score (nSPS) is 14.4. The molecule has 140 valence electrons. The van der Waals surface area contributed by atoms with Gasteiger partial charge in [-0.15, -0.1) is 0 Å². The van der Waals surface area contributed by atoms with Gasteiger partial charge in [-0.2, -0.15) is 0 Å². The van der Waals surface area contributed by atoms with E-state index in [1.807, 2.05) is 18.2 Å². The summed E-state index contributed by atoms with van der Waals surface area (Å²) in [5.74, 6) is 2.73. The Bertz CT molecular complexity index is 672. The predicted molar refractivity (Wildman–Crippen MR) is 104 cm³/mol. The average Bonchev–Trinajstić information content (AvgIpc) is 2.72. The zero-order chi connectivity index (χ0) is 18.2. The van der Waals surface area contributed by atoms with Gasteiger partial charge in [0.1, 0.15) is 23.7 Å². The SMILES string of the molecule is COCCCNc1cc(N2CCN(c3ccc(OC)cc3)CC2)ncn1. The van der Waals surface area contributed by atoms with Crippen molar-refractivity contribution in [3.05, 3.63) is 36.7 Å². The van der Waals surface area contributed by atoms with Gasteiger partial charge in [-0.1, -0.05) is 0 Å². The number of aromatic nitrogens is 2. The van der Waals surface area contributed by atoms with Crippen LogP contribution in [0.2, 0.25) is 0 Å². The molecular formula is C19H27N5O2. The summed E-state index contributed by atoms with van der Waals surface area (Å²) in [5, 5.41) is 3.32. The van der Waals surface area contributed by atoms with Crippen molar-refractivity contribution in [3.63, 3.8) is 0 Å². The van der Waals surface area contributed by atoms with E-state index in [0.717, 1.165) is 63.1 Å². The Kier molecular flexibility index (Phi) is 6.49. The lowest BCUT2D eigenvalue weighted by molar-refractivity contribution is 0.198. The lowest BCUT2D eigenvalue weighted by atomic mass is 10.2. The number of hydrogen-bond acceptors (Lipinski definition) is 7. The van der Waals surface area contributed by atoms with Crippen molar-refractivity contribution < 1.29 is 9.47 Å². The Hall–Kier alpha value is -2.54. The number of methoxy groups -OCH3 is 2. The van der Waals surface area contributed by atoms with Crippen molar-refractivity contribution in [1.82, 2.24) is 9.97 Å². The van der Waals surface area contributed by atoms with Crippen molar-refractivity contribution >= 4 is 17.3 Å². The quantitative estimate of drug-likeness (QED) is 0.727. The maximum Gasteiger partial charge on any atom is 0.134 e. The van der Waals surface area contributed by atoms with Crippen LogP contribution in [0.1, 0.15) is 6.42 Å². The van der Waals surface area contributed by atoms with E-state index < -0.39 is 0 Å². The molecule has 3 rings (SSSR count). The number of rotatable bonds is 8. The Morgan fingerprint density at radius 1 is 1.00 bits per heavy atom. The molecule has 1 saturated heterocycles. The number of nitrogens with one attached hydrogen (secondary N) is 1. The topological polar surface area (TPSA) is 62.8 Å². The molecule has 1 N–H and O–H groups in total. The van der Waals surface area contributed by atoms with Gasteiger partial charge in [0.05, 0.1) is 7.11 Å². The Morgan fingerprint density at radius 2 is 1.73 bits per heavy atom. The second-order valence-electron chi connectivity index (χ2n) is 6.21. The molecule has 7 heteroatoms. The molecule has 0 saturated carbocycles. The predicted octanol–water partition coefficient (Wildman–Crippen LogP) is 2.26. The number of nitrogens with zero attached hydrogens (tertiary/aromatic N) is 4. The molecular weight excluding hydrogens is 330 g/mol. The Morgan fingerprint density at radius 3 is 2.42 bits per heavy atom. The van der Waals surface area contributed by atoms with E-state index in [2.05, 4.69) is 37.2 Å². The van der Waals surface area contributed by atoms with Crippen LogP contribution in [0.25, 0.3) is 0 Å². The summed E-state index contributed by atoms with van der Waals surface area (Å²) in [7, 11) is 3.41. The molecule has 2 heterocycles. The molecule has 7 nitrogen and oxygen atoms in total. The lowest BCUT2D eigenvalue weighted by Gasteiger charge is -2.36. The second kappa shape index (κ2) is 9.24. The molecule has 0 aliphatic carbocycles. The van der Waals surface area contributed by atoms with E-state index in [1.54, 1.807) is 20.5 Å². The first-order valence-electron chi connectivity index (χ1n) is 8.99. The molecule has 0 atom stereocenters. The van der Waals surface area contributed by atoms with Crippen molar-refractivity contribution in [2.75, 3.05) is 68.7 Å². The van der Waals surface area contributed by atoms with Crippen molar-refractivity contribution in [2.24, 2.45) is 0 Å². The molecule has 1 aromatic carbocycles. The fraction of sp³-hybridized carbons (Fsp3) is 0.474. The van der Waals surface area contributed by atoms with Crippen LogP contribution in [-0.2, 0) is 4.74 Å². The van der Waals surface area contributed by atoms with Gasteiger partial charge >= 0.3 is 0 Å². The van der Waals surface area contributed by atoms with E-state index in [9.17, 15) is 0 Å². The first-order valence-corrected chi connectivity index (χ1v) is 8.99. The van der Waals surface area contributed by atoms with Gasteiger partial charge in [0, 0.05) is 58.2 Å². The highest BCUT2D eigenvalue weighted by molar-refractivity contribution is 5.53. The van der Waals surface area contributed by atoms with Gasteiger partial charge < -0.3 is 24.6 Å². The van der Waals surface area contributed by atoms with Crippen LogP contribution < -0.4 is 19.9 Å². The zero-order valence-corrected chi connectivity index (χ0v) is 15.5. The third-order valence-corrected chi connectivity index (χ3v) is 4.53. The van der Waals surface area contributed by atoms with Crippen LogP contribution in [0, 0.1) is 0 Å². The summed E-state index contributed by atoms with van der Waals surface area (Å²) >= 11 is 0. The molecule has 0 unspecified atom stereocenters. The lowest BCUT2D eigenvalue weighted by Crippen LogP contribution is -2.46. The average molecular weight is 357 g/mol. The molecule has 0 amide bonds. The van der Waals surface area contributed by atoms with Crippen LogP contribution in [0.4, 0.5) is 17.3 Å². The third-order valence-electron chi connectivity index (χ3n) is 4.53. The van der Waals surface area contributed by atoms with Crippen LogP contribution >= 0.6 is 0 Å². The first kappa shape index (κ1) is 18.3. The molecule has 26 heavy (non-hydrogen) atoms. The summed E-state index contributed by atoms with van der Waals surface area (Å²) in [6.45, 7) is 5.39. The fourth-order valence-corrected chi connectivity index (χ4v) is 3.04. The van der Waals surface area contributed by atoms with Crippen LogP contribution in [0.5, 0.6) is 5.75 Å². The summed E-state index contributed by atoms with van der Waals surface area (Å²) in [5.41, 5.74) is 1.23. The minimum Gasteiger partial charge on any atom is -0.497 e. The standard InChI is InChI=1S/C19H27N5O2/c1-25-13-3-8-20-18-14-19(22-15-21-18)24-11-9-23(10-12-24)16-4-6-17(26-2)7-5-16/h4-7,14-15H,3,8-13H2,1-2H3,(H,20,21,22). The highest BCUT2D eigenvalue weighted by atomic mass is 16.5. The molecule has 0 bridgehead atoms. The summed E-state index contributed by atoms with van der Waals surface area (Å²) < 4.78 is 10.3. The van der Waals surface area contributed by atoms with E-state index in [-0.39, 0.29) is 0 Å². The smallest absolute Gasteiger partial charge is 0.134 e. The number of benzene rings is 1. The first-order chi connectivity index (χ1) is 12.8. The minimum atomic E-state index is 0.748.